The van der Waals surface area contributed by atoms with Crippen LogP contribution in [0.3, 0.4) is 0 Å². The molecule has 1 rings (SSSR count). The first-order chi connectivity index (χ1) is 12.9. The van der Waals surface area contributed by atoms with Gasteiger partial charge in [-0.1, -0.05) is 0 Å². The molecule has 0 bridgehead atoms. The summed E-state index contributed by atoms with van der Waals surface area (Å²) >= 11 is 0. The Hall–Kier alpha value is -1.67. The van der Waals surface area contributed by atoms with Crippen molar-refractivity contribution >= 4 is 17.9 Å². The molecule has 29 heavy (non-hydrogen) atoms. The first-order valence-corrected chi connectivity index (χ1v) is 9.82. The molecule has 1 aliphatic rings. The van der Waals surface area contributed by atoms with Crippen LogP contribution in [0.1, 0.15) is 69.2 Å². The van der Waals surface area contributed by atoms with E-state index in [1.807, 2.05) is 0 Å². The van der Waals surface area contributed by atoms with Crippen LogP contribution in [0.4, 0.5) is 0 Å². The molecule has 8 heteroatoms. The summed E-state index contributed by atoms with van der Waals surface area (Å²) in [5, 5.41) is 10.4. The first kappa shape index (κ1) is 25.4. The van der Waals surface area contributed by atoms with E-state index in [0.717, 1.165) is 0 Å². The number of rotatable bonds is 3. The molecule has 1 aliphatic heterocycles. The molecular formula is C21H36O8. The van der Waals surface area contributed by atoms with E-state index in [1.165, 1.54) is 0 Å². The third kappa shape index (κ3) is 6.67. The summed E-state index contributed by atoms with van der Waals surface area (Å²) in [5.74, 6) is -1.73. The fourth-order valence-electron chi connectivity index (χ4n) is 2.31. The van der Waals surface area contributed by atoms with Gasteiger partial charge in [0, 0.05) is 0 Å². The van der Waals surface area contributed by atoms with Crippen LogP contribution in [-0.2, 0) is 33.3 Å². The van der Waals surface area contributed by atoms with Gasteiger partial charge in [0.25, 0.3) is 0 Å². The van der Waals surface area contributed by atoms with Crippen LogP contribution in [0.25, 0.3) is 0 Å². The summed E-state index contributed by atoms with van der Waals surface area (Å²) in [4.78, 5) is 37.5. The molecule has 5 atom stereocenters. The van der Waals surface area contributed by atoms with Gasteiger partial charge < -0.3 is 24.1 Å². The lowest BCUT2D eigenvalue weighted by Gasteiger charge is -2.43. The zero-order valence-electron chi connectivity index (χ0n) is 19.2. The minimum atomic E-state index is -1.54. The van der Waals surface area contributed by atoms with Crippen molar-refractivity contribution in [2.75, 3.05) is 0 Å². The molecule has 8 nitrogen and oxygen atoms in total. The molecule has 1 heterocycles. The highest BCUT2D eigenvalue weighted by Crippen LogP contribution is 2.32. The van der Waals surface area contributed by atoms with Gasteiger partial charge in [-0.25, -0.2) is 0 Å². The highest BCUT2D eigenvalue weighted by atomic mass is 16.7. The van der Waals surface area contributed by atoms with Crippen molar-refractivity contribution in [2.24, 2.45) is 16.2 Å². The number of aliphatic hydroxyl groups is 1. The lowest BCUT2D eigenvalue weighted by atomic mass is 9.93. The van der Waals surface area contributed by atoms with E-state index in [4.69, 9.17) is 18.9 Å². The van der Waals surface area contributed by atoms with Gasteiger partial charge in [-0.3, -0.25) is 14.4 Å². The maximum atomic E-state index is 12.6. The molecule has 168 valence electrons. The average Bonchev–Trinajstić information content (AvgIpc) is 2.51. The highest BCUT2D eigenvalue weighted by Gasteiger charge is 2.52. The van der Waals surface area contributed by atoms with Crippen LogP contribution in [0.5, 0.6) is 0 Å². The highest BCUT2D eigenvalue weighted by molar-refractivity contribution is 5.77. The van der Waals surface area contributed by atoms with Crippen molar-refractivity contribution in [2.45, 2.75) is 99.9 Å². The van der Waals surface area contributed by atoms with Gasteiger partial charge in [0.05, 0.1) is 22.3 Å². The molecule has 0 aromatic heterocycles. The number of hydrogen-bond donors (Lipinski definition) is 1. The van der Waals surface area contributed by atoms with Gasteiger partial charge in [-0.15, -0.1) is 0 Å². The zero-order chi connectivity index (χ0) is 22.9. The Balaban J connectivity index is 3.29. The normalized spacial score (nSPS) is 28.4. The standard InChI is InChI=1S/C21H36O8/c1-11-12(27-16(23)19(2,3)4)13(28-17(24)20(5,6)7)14(15(22)26-11)29-18(25)21(8,9)10/h11-15,22H,1-10H3/t11?,12-,13?,14?,15+/m0/s1. The summed E-state index contributed by atoms with van der Waals surface area (Å²) < 4.78 is 22.1. The molecule has 0 aromatic rings. The van der Waals surface area contributed by atoms with E-state index in [9.17, 15) is 19.5 Å². The second-order valence-electron chi connectivity index (χ2n) is 10.6. The lowest BCUT2D eigenvalue weighted by Crippen LogP contribution is -2.62. The van der Waals surface area contributed by atoms with E-state index in [1.54, 1.807) is 69.2 Å². The maximum Gasteiger partial charge on any atom is 0.311 e. The summed E-state index contributed by atoms with van der Waals surface area (Å²) in [6.45, 7) is 16.6. The van der Waals surface area contributed by atoms with Crippen molar-refractivity contribution in [3.8, 4) is 0 Å². The zero-order valence-corrected chi connectivity index (χ0v) is 19.2. The average molecular weight is 417 g/mol. The second kappa shape index (κ2) is 8.60. The van der Waals surface area contributed by atoms with Gasteiger partial charge in [0.2, 0.25) is 0 Å². The Kier molecular flexibility index (Phi) is 7.52. The van der Waals surface area contributed by atoms with E-state index in [2.05, 4.69) is 0 Å². The minimum absolute atomic E-state index is 0.535. The largest absolute Gasteiger partial charge is 0.455 e. The van der Waals surface area contributed by atoms with Crippen molar-refractivity contribution in [1.82, 2.24) is 0 Å². The quantitative estimate of drug-likeness (QED) is 0.552. The fourth-order valence-corrected chi connectivity index (χ4v) is 2.31. The molecule has 1 N–H and O–H groups in total. The topological polar surface area (TPSA) is 108 Å². The number of aliphatic hydroxyl groups excluding tert-OH is 1. The Morgan fingerprint density at radius 3 is 1.31 bits per heavy atom. The van der Waals surface area contributed by atoms with Crippen LogP contribution < -0.4 is 0 Å². The Morgan fingerprint density at radius 2 is 0.966 bits per heavy atom. The van der Waals surface area contributed by atoms with Gasteiger partial charge >= 0.3 is 17.9 Å². The predicted molar refractivity (Wildman–Crippen MR) is 105 cm³/mol. The molecule has 0 radical (unpaired) electrons. The second-order valence-corrected chi connectivity index (χ2v) is 10.6. The predicted octanol–water partition coefficient (Wildman–Crippen LogP) is 2.60. The van der Waals surface area contributed by atoms with Crippen LogP contribution in [0.15, 0.2) is 0 Å². The molecular weight excluding hydrogens is 380 g/mol. The van der Waals surface area contributed by atoms with Gasteiger partial charge in [0.15, 0.2) is 24.6 Å². The lowest BCUT2D eigenvalue weighted by molar-refractivity contribution is -0.293. The molecule has 1 saturated heterocycles. The molecule has 0 aliphatic carbocycles. The van der Waals surface area contributed by atoms with Crippen LogP contribution in [0, 0.1) is 16.2 Å². The monoisotopic (exact) mass is 416 g/mol. The number of carbonyl (C=O) groups excluding carboxylic acids is 3. The first-order valence-electron chi connectivity index (χ1n) is 9.82. The maximum absolute atomic E-state index is 12.6. The molecule has 0 saturated carbocycles. The van der Waals surface area contributed by atoms with Gasteiger partial charge in [0.1, 0.15) is 0 Å². The van der Waals surface area contributed by atoms with E-state index >= 15 is 0 Å². The summed E-state index contributed by atoms with van der Waals surface area (Å²) in [5.41, 5.74) is -2.53. The van der Waals surface area contributed by atoms with Crippen molar-refractivity contribution in [3.63, 3.8) is 0 Å². The summed E-state index contributed by atoms with van der Waals surface area (Å²) in [6.07, 6.45) is -5.97. The number of ether oxygens (including phenoxy) is 4. The molecule has 0 spiro atoms. The van der Waals surface area contributed by atoms with Crippen molar-refractivity contribution in [1.29, 1.82) is 0 Å². The Morgan fingerprint density at radius 1 is 0.655 bits per heavy atom. The Labute approximate surface area is 173 Å². The van der Waals surface area contributed by atoms with E-state index < -0.39 is 64.9 Å². The molecule has 0 amide bonds. The van der Waals surface area contributed by atoms with Gasteiger partial charge in [-0.2, -0.15) is 0 Å². The van der Waals surface area contributed by atoms with Gasteiger partial charge in [-0.05, 0) is 69.2 Å². The molecule has 3 unspecified atom stereocenters. The number of carbonyl (C=O) groups is 3. The third-order valence-electron chi connectivity index (χ3n) is 4.31. The van der Waals surface area contributed by atoms with E-state index in [0.29, 0.717) is 0 Å². The molecule has 0 aromatic carbocycles. The van der Waals surface area contributed by atoms with Crippen LogP contribution in [-0.4, -0.2) is 53.7 Å². The summed E-state index contributed by atoms with van der Waals surface area (Å²) in [6, 6.07) is 0. The summed E-state index contributed by atoms with van der Waals surface area (Å²) in [7, 11) is 0. The third-order valence-corrected chi connectivity index (χ3v) is 4.31. The van der Waals surface area contributed by atoms with E-state index in [-0.39, 0.29) is 0 Å². The fraction of sp³-hybridized carbons (Fsp3) is 0.857. The van der Waals surface area contributed by atoms with Crippen molar-refractivity contribution < 1.29 is 38.4 Å². The molecule has 1 fully saturated rings. The minimum Gasteiger partial charge on any atom is -0.455 e. The van der Waals surface area contributed by atoms with Crippen molar-refractivity contribution in [3.05, 3.63) is 0 Å². The number of hydrogen-bond acceptors (Lipinski definition) is 8. The Bertz CT molecular complexity index is 580. The number of esters is 3. The van der Waals surface area contributed by atoms with Crippen LogP contribution >= 0.6 is 0 Å². The van der Waals surface area contributed by atoms with Crippen LogP contribution in [0.2, 0.25) is 0 Å². The SMILES string of the molecule is CC1O[C@@H](O)C(OC(=O)C(C)(C)C)C(OC(=O)C(C)(C)C)[C@H]1OC(=O)C(C)(C)C. The smallest absolute Gasteiger partial charge is 0.311 e.